The van der Waals surface area contributed by atoms with Crippen molar-refractivity contribution in [3.8, 4) is 5.75 Å². The molecule has 0 radical (unpaired) electrons. The largest absolute Gasteiger partial charge is 0.495 e. The van der Waals surface area contributed by atoms with Crippen molar-refractivity contribution in [3.63, 3.8) is 0 Å². The summed E-state index contributed by atoms with van der Waals surface area (Å²) in [5, 5.41) is 5.27. The Morgan fingerprint density at radius 1 is 1.00 bits per heavy atom. The minimum atomic E-state index is -3.30. The van der Waals surface area contributed by atoms with E-state index in [1.807, 2.05) is 0 Å². The predicted molar refractivity (Wildman–Crippen MR) is 111 cm³/mol. The highest BCUT2D eigenvalue weighted by molar-refractivity contribution is 7.92. The van der Waals surface area contributed by atoms with Gasteiger partial charge in [0, 0.05) is 24.7 Å². The van der Waals surface area contributed by atoms with Gasteiger partial charge < -0.3 is 15.4 Å². The second kappa shape index (κ2) is 8.52. The molecule has 2 N–H and O–H groups in total. The molecule has 8 nitrogen and oxygen atoms in total. The van der Waals surface area contributed by atoms with Crippen LogP contribution in [0.1, 0.15) is 33.6 Å². The van der Waals surface area contributed by atoms with Gasteiger partial charge in [0.25, 0.3) is 11.8 Å². The zero-order valence-corrected chi connectivity index (χ0v) is 17.1. The molecule has 0 bridgehead atoms. The number of rotatable bonds is 5. The first-order valence-corrected chi connectivity index (χ1v) is 10.8. The Morgan fingerprint density at radius 3 is 2.31 bits per heavy atom. The fraction of sp³-hybridized carbons (Fsp3) is 0.300. The maximum absolute atomic E-state index is 12.6. The van der Waals surface area contributed by atoms with Crippen molar-refractivity contribution < 1.29 is 22.7 Å². The molecule has 2 aromatic rings. The van der Waals surface area contributed by atoms with E-state index >= 15 is 0 Å². The lowest BCUT2D eigenvalue weighted by Gasteiger charge is -2.28. The van der Waals surface area contributed by atoms with E-state index in [2.05, 4.69) is 10.6 Å². The highest BCUT2D eigenvalue weighted by atomic mass is 32.2. The molecule has 2 aromatic carbocycles. The van der Waals surface area contributed by atoms with E-state index in [9.17, 15) is 18.0 Å². The molecule has 154 valence electrons. The lowest BCUT2D eigenvalue weighted by atomic mass is 10.1. The van der Waals surface area contributed by atoms with Crippen molar-refractivity contribution in [3.05, 3.63) is 53.6 Å². The summed E-state index contributed by atoms with van der Waals surface area (Å²) in [6.45, 7) is 0.442. The van der Waals surface area contributed by atoms with Crippen LogP contribution in [0.4, 0.5) is 11.4 Å². The van der Waals surface area contributed by atoms with E-state index in [1.54, 1.807) is 36.4 Å². The average Bonchev–Trinajstić information content (AvgIpc) is 2.73. The van der Waals surface area contributed by atoms with Crippen LogP contribution in [-0.4, -0.2) is 46.7 Å². The van der Waals surface area contributed by atoms with Gasteiger partial charge in [0.15, 0.2) is 0 Å². The number of amides is 2. The number of hydrogen-bond donors (Lipinski definition) is 2. The second-order valence-electron chi connectivity index (χ2n) is 6.59. The third-order valence-corrected chi connectivity index (χ3v) is 6.57. The van der Waals surface area contributed by atoms with Crippen LogP contribution in [0.2, 0.25) is 0 Å². The fourth-order valence-electron chi connectivity index (χ4n) is 3.14. The van der Waals surface area contributed by atoms with Gasteiger partial charge in [0.05, 0.1) is 24.2 Å². The van der Waals surface area contributed by atoms with E-state index < -0.39 is 15.9 Å². The smallest absolute Gasteiger partial charge is 0.255 e. The van der Waals surface area contributed by atoms with Crippen LogP contribution in [0.25, 0.3) is 0 Å². The third kappa shape index (κ3) is 4.51. The van der Waals surface area contributed by atoms with Crippen molar-refractivity contribution in [1.29, 1.82) is 0 Å². The van der Waals surface area contributed by atoms with Gasteiger partial charge in [-0.3, -0.25) is 13.9 Å². The number of ether oxygens (including phenoxy) is 1. The Labute approximate surface area is 169 Å². The number of methoxy groups -OCH3 is 1. The number of nitrogens with zero attached hydrogens (tertiary/aromatic N) is 1. The van der Waals surface area contributed by atoms with Crippen molar-refractivity contribution in [2.75, 3.05) is 36.1 Å². The van der Waals surface area contributed by atoms with Crippen molar-refractivity contribution in [2.24, 2.45) is 0 Å². The molecule has 1 heterocycles. The van der Waals surface area contributed by atoms with Crippen LogP contribution in [-0.2, 0) is 10.0 Å². The van der Waals surface area contributed by atoms with Gasteiger partial charge in [-0.05, 0) is 55.3 Å². The molecule has 2 amide bonds. The molecule has 1 aliphatic rings. The lowest BCUT2D eigenvalue weighted by Crippen LogP contribution is -2.37. The Hall–Kier alpha value is -3.07. The lowest BCUT2D eigenvalue weighted by molar-refractivity contribution is 0.0961. The molecule has 0 saturated carbocycles. The van der Waals surface area contributed by atoms with Crippen LogP contribution < -0.4 is 19.7 Å². The highest BCUT2D eigenvalue weighted by Gasteiger charge is 2.26. The number of hydrogen-bond acceptors (Lipinski definition) is 5. The van der Waals surface area contributed by atoms with E-state index in [0.717, 1.165) is 6.42 Å². The third-order valence-electron chi connectivity index (χ3n) is 4.70. The molecule has 3 rings (SSSR count). The summed E-state index contributed by atoms with van der Waals surface area (Å²) in [5.41, 5.74) is 1.64. The summed E-state index contributed by atoms with van der Waals surface area (Å²) in [5.74, 6) is -0.126. The SMILES string of the molecule is CNC(=O)c1ccc(OC)c(NC(=O)c2ccc(N3CCCCS3(=O)=O)cc2)c1. The molecule has 29 heavy (non-hydrogen) atoms. The zero-order valence-electron chi connectivity index (χ0n) is 16.3. The van der Waals surface area contributed by atoms with Crippen molar-refractivity contribution in [1.82, 2.24) is 5.32 Å². The second-order valence-corrected chi connectivity index (χ2v) is 8.60. The normalized spacial score (nSPS) is 15.4. The minimum absolute atomic E-state index is 0.136. The van der Waals surface area contributed by atoms with E-state index in [-0.39, 0.29) is 11.7 Å². The van der Waals surface area contributed by atoms with E-state index in [0.29, 0.717) is 41.2 Å². The number of nitrogens with one attached hydrogen (secondary N) is 2. The molecular weight excluding hydrogens is 394 g/mol. The van der Waals surface area contributed by atoms with Crippen molar-refractivity contribution >= 4 is 33.2 Å². The summed E-state index contributed by atoms with van der Waals surface area (Å²) in [6.07, 6.45) is 1.47. The van der Waals surface area contributed by atoms with Crippen molar-refractivity contribution in [2.45, 2.75) is 12.8 Å². The molecule has 0 unspecified atom stereocenters. The van der Waals surface area contributed by atoms with E-state index in [1.165, 1.54) is 24.5 Å². The van der Waals surface area contributed by atoms with Gasteiger partial charge in [0.1, 0.15) is 5.75 Å². The summed E-state index contributed by atoms with van der Waals surface area (Å²) < 4.78 is 31.1. The van der Waals surface area contributed by atoms with Crippen LogP contribution in [0.5, 0.6) is 5.75 Å². The molecule has 1 fully saturated rings. The number of carbonyl (C=O) groups excluding carboxylic acids is 2. The van der Waals surface area contributed by atoms with E-state index in [4.69, 9.17) is 4.74 Å². The molecule has 0 spiro atoms. The molecule has 0 aromatic heterocycles. The van der Waals surface area contributed by atoms with Gasteiger partial charge in [-0.25, -0.2) is 8.42 Å². The Bertz CT molecular complexity index is 1020. The monoisotopic (exact) mass is 417 g/mol. The Morgan fingerprint density at radius 2 is 1.69 bits per heavy atom. The van der Waals surface area contributed by atoms with Crippen LogP contribution in [0.15, 0.2) is 42.5 Å². The Kier molecular flexibility index (Phi) is 6.07. The van der Waals surface area contributed by atoms with Gasteiger partial charge >= 0.3 is 0 Å². The predicted octanol–water partition coefficient (Wildman–Crippen LogP) is 2.24. The first-order valence-electron chi connectivity index (χ1n) is 9.17. The average molecular weight is 417 g/mol. The quantitative estimate of drug-likeness (QED) is 0.776. The maximum atomic E-state index is 12.6. The molecule has 1 saturated heterocycles. The first-order chi connectivity index (χ1) is 13.9. The zero-order chi connectivity index (χ0) is 21.0. The van der Waals surface area contributed by atoms with Crippen LogP contribution in [0, 0.1) is 0 Å². The molecule has 0 atom stereocenters. The number of sulfonamides is 1. The summed E-state index contributed by atoms with van der Waals surface area (Å²) in [7, 11) is -0.311. The van der Waals surface area contributed by atoms with Gasteiger partial charge in [-0.1, -0.05) is 0 Å². The minimum Gasteiger partial charge on any atom is -0.495 e. The highest BCUT2D eigenvalue weighted by Crippen LogP contribution is 2.27. The van der Waals surface area contributed by atoms with Gasteiger partial charge in [0.2, 0.25) is 10.0 Å². The summed E-state index contributed by atoms with van der Waals surface area (Å²) in [4.78, 5) is 24.5. The number of benzene rings is 2. The van der Waals surface area contributed by atoms with Crippen LogP contribution in [0.3, 0.4) is 0 Å². The summed E-state index contributed by atoms with van der Waals surface area (Å²) in [6, 6.07) is 11.1. The molecular formula is C20H23N3O5S. The first kappa shape index (κ1) is 20.7. The summed E-state index contributed by atoms with van der Waals surface area (Å²) >= 11 is 0. The molecule has 0 aliphatic carbocycles. The topological polar surface area (TPSA) is 105 Å². The van der Waals surface area contributed by atoms with Crippen LogP contribution >= 0.6 is 0 Å². The fourth-order valence-corrected chi connectivity index (χ4v) is 4.78. The molecule has 9 heteroatoms. The number of carbonyl (C=O) groups is 2. The maximum Gasteiger partial charge on any atom is 0.255 e. The van der Waals surface area contributed by atoms with Gasteiger partial charge in [-0.2, -0.15) is 0 Å². The standard InChI is InChI=1S/C20H23N3O5S/c1-21-19(24)15-7-10-18(28-2)17(13-15)22-20(25)14-5-8-16(9-6-14)23-11-3-4-12-29(23,26)27/h5-10,13H,3-4,11-12H2,1-2H3,(H,21,24)(H,22,25). The Balaban J connectivity index is 1.80. The van der Waals surface area contributed by atoms with Gasteiger partial charge in [-0.15, -0.1) is 0 Å². The number of anilines is 2. The molecule has 1 aliphatic heterocycles.